The number of amides is 1. The molecule has 1 amide bonds. The minimum atomic E-state index is -0.295. The number of para-hydroxylation sites is 1. The number of aromatic nitrogens is 1. The highest BCUT2D eigenvalue weighted by molar-refractivity contribution is 7.21. The van der Waals surface area contributed by atoms with E-state index in [9.17, 15) is 14.7 Å². The number of aryl methyl sites for hydroxylation is 1. The number of fused-ring (bicyclic) bond motifs is 2. The van der Waals surface area contributed by atoms with Gasteiger partial charge >= 0.3 is 0 Å². The lowest BCUT2D eigenvalue weighted by atomic mass is 10.0. The molecule has 0 saturated carbocycles. The number of methoxy groups -OCH3 is 1. The van der Waals surface area contributed by atoms with Crippen LogP contribution < -0.4 is 5.32 Å². The van der Waals surface area contributed by atoms with Gasteiger partial charge in [-0.05, 0) is 55.2 Å². The molecule has 0 spiro atoms. The highest BCUT2D eigenvalue weighted by atomic mass is 35.5. The van der Waals surface area contributed by atoms with Crippen molar-refractivity contribution in [1.29, 1.82) is 0 Å². The summed E-state index contributed by atoms with van der Waals surface area (Å²) >= 11 is 1.33. The van der Waals surface area contributed by atoms with Crippen LogP contribution in [0.25, 0.3) is 21.0 Å². The molecule has 1 saturated heterocycles. The molecule has 194 valence electrons. The van der Waals surface area contributed by atoms with Gasteiger partial charge in [-0.15, -0.1) is 23.7 Å². The number of Topliss-reactive ketones (excluding diaryl/α,β-unsaturated/α-hetero) is 1. The molecule has 5 rings (SSSR count). The molecule has 1 atom stereocenters. The number of benzene rings is 2. The Morgan fingerprint density at radius 1 is 1.22 bits per heavy atom. The third-order valence-electron chi connectivity index (χ3n) is 6.73. The van der Waals surface area contributed by atoms with Crippen molar-refractivity contribution < 1.29 is 19.4 Å². The number of ketones is 1. The van der Waals surface area contributed by atoms with Gasteiger partial charge in [0.15, 0.2) is 5.78 Å². The number of halogens is 1. The lowest BCUT2D eigenvalue weighted by Crippen LogP contribution is -2.22. The van der Waals surface area contributed by atoms with Gasteiger partial charge in [0.05, 0.1) is 23.1 Å². The molecule has 0 unspecified atom stereocenters. The molecule has 7 nitrogen and oxygen atoms in total. The van der Waals surface area contributed by atoms with E-state index in [0.29, 0.717) is 36.0 Å². The molecular weight excluding hydrogens is 510 g/mol. The fraction of sp³-hybridized carbons (Fsp3) is 0.321. The third kappa shape index (κ3) is 5.39. The molecule has 1 fully saturated rings. The van der Waals surface area contributed by atoms with Gasteiger partial charge in [-0.25, -0.2) is 4.98 Å². The summed E-state index contributed by atoms with van der Waals surface area (Å²) in [4.78, 5) is 33.2. The highest BCUT2D eigenvalue weighted by Crippen LogP contribution is 2.37. The summed E-state index contributed by atoms with van der Waals surface area (Å²) in [5.74, 6) is 0.191. The number of carbonyl (C=O) groups is 2. The number of pyridine rings is 1. The summed E-state index contributed by atoms with van der Waals surface area (Å²) in [6.07, 6.45) is 0.474. The van der Waals surface area contributed by atoms with E-state index in [-0.39, 0.29) is 30.2 Å². The minimum absolute atomic E-state index is 0. The standard InChI is InChI=1S/C28H29N3O4S.ClH/c1-16-25-18(15-35-3)8-9-21(17(2)32)27(25)36-26(16)28(34)30-24-12-19(13-31-11-10-20(33)14-31)22-6-4-5-7-23(22)29-24;/h4-9,12,20,33H,10-11,13-15H2,1-3H3,(H,29,30,34);1H/t20-;/m1./s1. The summed E-state index contributed by atoms with van der Waals surface area (Å²) in [7, 11) is 1.63. The average Bonchev–Trinajstić information content (AvgIpc) is 3.42. The number of likely N-dealkylation sites (tertiary alicyclic amines) is 1. The Labute approximate surface area is 225 Å². The Morgan fingerprint density at radius 2 is 2.00 bits per heavy atom. The maximum atomic E-state index is 13.5. The molecule has 9 heteroatoms. The van der Waals surface area contributed by atoms with E-state index in [4.69, 9.17) is 9.72 Å². The monoisotopic (exact) mass is 539 g/mol. The fourth-order valence-corrected chi connectivity index (χ4v) is 6.33. The Balaban J connectivity index is 0.00000320. The van der Waals surface area contributed by atoms with Crippen LogP contribution in [0.15, 0.2) is 42.5 Å². The first-order valence-electron chi connectivity index (χ1n) is 12.0. The lowest BCUT2D eigenvalue weighted by molar-refractivity contribution is 0.101. The van der Waals surface area contributed by atoms with Crippen molar-refractivity contribution in [1.82, 2.24) is 9.88 Å². The van der Waals surface area contributed by atoms with Crippen molar-refractivity contribution in [3.05, 3.63) is 69.6 Å². The minimum Gasteiger partial charge on any atom is -0.392 e. The van der Waals surface area contributed by atoms with Gasteiger partial charge in [0.2, 0.25) is 0 Å². The van der Waals surface area contributed by atoms with Gasteiger partial charge in [0, 0.05) is 47.8 Å². The number of β-amino-alcohol motifs (C(OH)–C–C–N with tert-alkyl or cyclic N) is 1. The first-order valence-corrected chi connectivity index (χ1v) is 12.8. The number of aliphatic hydroxyl groups excluding tert-OH is 1. The molecule has 2 aromatic carbocycles. The molecule has 37 heavy (non-hydrogen) atoms. The lowest BCUT2D eigenvalue weighted by Gasteiger charge is -2.17. The van der Waals surface area contributed by atoms with Gasteiger partial charge in [0.25, 0.3) is 5.91 Å². The van der Waals surface area contributed by atoms with Crippen molar-refractivity contribution in [3.63, 3.8) is 0 Å². The van der Waals surface area contributed by atoms with Crippen LogP contribution in [0.3, 0.4) is 0 Å². The van der Waals surface area contributed by atoms with E-state index in [2.05, 4.69) is 10.2 Å². The van der Waals surface area contributed by atoms with Crippen molar-refractivity contribution in [2.24, 2.45) is 0 Å². The van der Waals surface area contributed by atoms with E-state index in [1.807, 2.05) is 49.4 Å². The maximum absolute atomic E-state index is 13.5. The molecule has 3 heterocycles. The molecule has 1 aliphatic heterocycles. The van der Waals surface area contributed by atoms with Crippen LogP contribution in [0.2, 0.25) is 0 Å². The number of hydrogen-bond acceptors (Lipinski definition) is 7. The summed E-state index contributed by atoms with van der Waals surface area (Å²) in [5, 5.41) is 14.9. The third-order valence-corrected chi connectivity index (χ3v) is 8.06. The predicted molar refractivity (Wildman–Crippen MR) is 150 cm³/mol. The zero-order valence-corrected chi connectivity index (χ0v) is 22.7. The highest BCUT2D eigenvalue weighted by Gasteiger charge is 2.23. The Hall–Kier alpha value is -2.88. The Morgan fingerprint density at radius 3 is 2.70 bits per heavy atom. The van der Waals surface area contributed by atoms with Gasteiger partial charge in [-0.1, -0.05) is 24.3 Å². The predicted octanol–water partition coefficient (Wildman–Crippen LogP) is 5.35. The second-order valence-electron chi connectivity index (χ2n) is 9.34. The van der Waals surface area contributed by atoms with Gasteiger partial charge in [0.1, 0.15) is 5.82 Å². The molecule has 0 radical (unpaired) electrons. The zero-order valence-electron chi connectivity index (χ0n) is 21.0. The number of anilines is 1. The fourth-order valence-electron chi connectivity index (χ4n) is 5.01. The molecule has 2 aromatic heterocycles. The first-order chi connectivity index (χ1) is 17.4. The van der Waals surface area contributed by atoms with Crippen LogP contribution in [-0.2, 0) is 17.9 Å². The van der Waals surface area contributed by atoms with Crippen LogP contribution in [0.1, 0.15) is 50.1 Å². The van der Waals surface area contributed by atoms with Crippen LogP contribution in [0.5, 0.6) is 0 Å². The van der Waals surface area contributed by atoms with Gasteiger partial charge < -0.3 is 15.2 Å². The number of nitrogens with one attached hydrogen (secondary N) is 1. The van der Waals surface area contributed by atoms with Crippen LogP contribution in [0.4, 0.5) is 5.82 Å². The second-order valence-corrected chi connectivity index (χ2v) is 10.4. The van der Waals surface area contributed by atoms with Crippen LogP contribution >= 0.6 is 23.7 Å². The average molecular weight is 540 g/mol. The Bertz CT molecular complexity index is 1490. The maximum Gasteiger partial charge on any atom is 0.267 e. The molecule has 4 aromatic rings. The summed E-state index contributed by atoms with van der Waals surface area (Å²) < 4.78 is 6.17. The van der Waals surface area contributed by atoms with E-state index in [1.54, 1.807) is 14.0 Å². The number of rotatable bonds is 7. The Kier molecular flexibility index (Phi) is 8.26. The molecule has 0 bridgehead atoms. The smallest absolute Gasteiger partial charge is 0.267 e. The molecule has 2 N–H and O–H groups in total. The topological polar surface area (TPSA) is 91.8 Å². The van der Waals surface area contributed by atoms with Gasteiger partial charge in [-0.2, -0.15) is 0 Å². The zero-order chi connectivity index (χ0) is 25.4. The molecule has 0 aliphatic carbocycles. The SMILES string of the molecule is COCc1ccc(C(C)=O)c2sc(C(=O)Nc3cc(CN4CC[C@@H](O)C4)c4ccccc4n3)c(C)c12.Cl. The number of hydrogen-bond donors (Lipinski definition) is 2. The van der Waals surface area contributed by atoms with Gasteiger partial charge in [-0.3, -0.25) is 14.5 Å². The number of carbonyl (C=O) groups excluding carboxylic acids is 2. The van der Waals surface area contributed by atoms with Crippen LogP contribution in [-0.4, -0.2) is 53.0 Å². The van der Waals surface area contributed by atoms with E-state index in [1.165, 1.54) is 11.3 Å². The van der Waals surface area contributed by atoms with Crippen molar-refractivity contribution in [3.8, 4) is 0 Å². The van der Waals surface area contributed by atoms with Crippen molar-refractivity contribution in [2.75, 3.05) is 25.5 Å². The molecular formula is C28H30ClN3O4S. The summed E-state index contributed by atoms with van der Waals surface area (Å²) in [5.41, 5.74) is 4.24. The van der Waals surface area contributed by atoms with Crippen LogP contribution in [0, 0.1) is 6.92 Å². The molecule has 1 aliphatic rings. The van der Waals surface area contributed by atoms with Crippen molar-refractivity contribution in [2.45, 2.75) is 39.5 Å². The largest absolute Gasteiger partial charge is 0.392 e. The van der Waals surface area contributed by atoms with E-state index in [0.717, 1.165) is 50.6 Å². The number of nitrogens with zero attached hydrogens (tertiary/aromatic N) is 2. The second kappa shape index (κ2) is 11.2. The summed E-state index contributed by atoms with van der Waals surface area (Å²) in [6, 6.07) is 13.5. The van der Waals surface area contributed by atoms with Crippen molar-refractivity contribution >= 4 is 62.2 Å². The van der Waals surface area contributed by atoms with E-state index >= 15 is 0 Å². The number of thiophene rings is 1. The first kappa shape index (κ1) is 27.2. The summed E-state index contributed by atoms with van der Waals surface area (Å²) in [6.45, 7) is 6.00. The quantitative estimate of drug-likeness (QED) is 0.308. The number of ether oxygens (including phenoxy) is 1. The normalized spacial score (nSPS) is 15.7. The van der Waals surface area contributed by atoms with E-state index < -0.39 is 0 Å². The number of aliphatic hydroxyl groups is 1.